The summed E-state index contributed by atoms with van der Waals surface area (Å²) >= 11 is 0. The summed E-state index contributed by atoms with van der Waals surface area (Å²) < 4.78 is 5.80. The van der Waals surface area contributed by atoms with Gasteiger partial charge in [0, 0.05) is 17.4 Å². The Morgan fingerprint density at radius 2 is 1.67 bits per heavy atom. The highest BCUT2D eigenvalue weighted by atomic mass is 16.5. The van der Waals surface area contributed by atoms with Crippen LogP contribution in [-0.2, 0) is 10.2 Å². The van der Waals surface area contributed by atoms with E-state index in [1.54, 1.807) is 0 Å². The zero-order valence-corrected chi connectivity index (χ0v) is 22.1. The maximum Gasteiger partial charge on any atom is 0.303 e. The number of rotatable bonds is 10. The Balaban J connectivity index is 1.82. The van der Waals surface area contributed by atoms with Crippen molar-refractivity contribution < 1.29 is 24.9 Å². The molecule has 1 fully saturated rings. The van der Waals surface area contributed by atoms with Crippen LogP contribution >= 0.6 is 0 Å². The maximum absolute atomic E-state index is 10.7. The van der Waals surface area contributed by atoms with E-state index in [-0.39, 0.29) is 24.9 Å². The second kappa shape index (κ2) is 12.0. The Kier molecular flexibility index (Phi) is 9.22. The molecule has 2 aromatic carbocycles. The molecule has 1 aliphatic rings. The Bertz CT molecular complexity index is 1110. The van der Waals surface area contributed by atoms with Crippen LogP contribution in [0.2, 0.25) is 0 Å². The Morgan fingerprint density at radius 1 is 1.06 bits per heavy atom. The van der Waals surface area contributed by atoms with Crippen molar-refractivity contribution in [3.05, 3.63) is 64.2 Å². The molecule has 0 aromatic heterocycles. The van der Waals surface area contributed by atoms with Gasteiger partial charge in [0.1, 0.15) is 18.0 Å². The minimum absolute atomic E-state index is 0.0665. The highest BCUT2D eigenvalue weighted by Crippen LogP contribution is 2.41. The molecule has 5 nitrogen and oxygen atoms in total. The van der Waals surface area contributed by atoms with Crippen molar-refractivity contribution in [3.63, 3.8) is 0 Å². The molecule has 0 amide bonds. The second-order valence-electron chi connectivity index (χ2n) is 10.2. The van der Waals surface area contributed by atoms with Gasteiger partial charge in [0.15, 0.2) is 0 Å². The number of carboxylic acid groups (broad SMARTS) is 1. The van der Waals surface area contributed by atoms with Crippen molar-refractivity contribution in [1.29, 1.82) is 0 Å². The molecule has 0 saturated heterocycles. The number of aliphatic hydroxyl groups is 2. The average molecular weight is 493 g/mol. The standard InChI is InChI=1S/C31H40O5/c1-5-31(6-2,25-10-9-24(22(3)19-25)15-18-30(35)16-7-8-17-30)26-11-13-28(23(4)20-26)36-21-27(32)12-14-29(33)34/h9-11,13,19-20,27,32,35H,5-8,12,14,16-17,21H2,1-4H3,(H,33,34)/t27-/m1/s1. The lowest BCUT2D eigenvalue weighted by Crippen LogP contribution is -2.26. The molecule has 36 heavy (non-hydrogen) atoms. The van der Waals surface area contributed by atoms with Crippen molar-refractivity contribution in [2.45, 2.75) is 96.2 Å². The van der Waals surface area contributed by atoms with Gasteiger partial charge >= 0.3 is 5.97 Å². The van der Waals surface area contributed by atoms with E-state index in [1.807, 2.05) is 13.0 Å². The third-order valence-corrected chi connectivity index (χ3v) is 7.70. The Hall–Kier alpha value is -2.81. The predicted molar refractivity (Wildman–Crippen MR) is 142 cm³/mol. The Morgan fingerprint density at radius 3 is 2.22 bits per heavy atom. The van der Waals surface area contributed by atoms with E-state index in [0.29, 0.717) is 5.75 Å². The summed E-state index contributed by atoms with van der Waals surface area (Å²) in [6.45, 7) is 8.56. The van der Waals surface area contributed by atoms with Crippen LogP contribution in [0.1, 0.15) is 93.0 Å². The van der Waals surface area contributed by atoms with Crippen molar-refractivity contribution >= 4 is 5.97 Å². The summed E-state index contributed by atoms with van der Waals surface area (Å²) in [6, 6.07) is 12.7. The lowest BCUT2D eigenvalue weighted by atomic mass is 9.70. The van der Waals surface area contributed by atoms with Gasteiger partial charge in [0.2, 0.25) is 0 Å². The molecule has 0 radical (unpaired) electrons. The first-order chi connectivity index (χ1) is 17.1. The number of carbonyl (C=O) groups is 1. The summed E-state index contributed by atoms with van der Waals surface area (Å²) in [7, 11) is 0. The van der Waals surface area contributed by atoms with E-state index in [9.17, 15) is 15.0 Å². The molecule has 0 unspecified atom stereocenters. The predicted octanol–water partition coefficient (Wildman–Crippen LogP) is 5.67. The van der Waals surface area contributed by atoms with E-state index >= 15 is 0 Å². The number of aliphatic hydroxyl groups excluding tert-OH is 1. The molecular formula is C31H40O5. The summed E-state index contributed by atoms with van der Waals surface area (Å²) in [5.74, 6) is 6.13. The summed E-state index contributed by atoms with van der Waals surface area (Å²) in [6.07, 6.45) is 4.72. The van der Waals surface area contributed by atoms with Crippen molar-refractivity contribution in [2.24, 2.45) is 0 Å². The van der Waals surface area contributed by atoms with Gasteiger partial charge in [-0.2, -0.15) is 0 Å². The first kappa shape index (κ1) is 27.8. The minimum atomic E-state index is -0.925. The van der Waals surface area contributed by atoms with Gasteiger partial charge in [-0.1, -0.05) is 50.0 Å². The van der Waals surface area contributed by atoms with Gasteiger partial charge in [-0.3, -0.25) is 4.79 Å². The fourth-order valence-electron chi connectivity index (χ4n) is 5.27. The molecule has 3 N–H and O–H groups in total. The van der Waals surface area contributed by atoms with Crippen LogP contribution in [0, 0.1) is 25.7 Å². The quantitative estimate of drug-likeness (QED) is 0.372. The van der Waals surface area contributed by atoms with Crippen LogP contribution in [0.25, 0.3) is 0 Å². The van der Waals surface area contributed by atoms with Crippen LogP contribution in [0.5, 0.6) is 5.75 Å². The fraction of sp³-hybridized carbons (Fsp3) is 0.516. The van der Waals surface area contributed by atoms with Crippen LogP contribution in [-0.4, -0.2) is 39.6 Å². The van der Waals surface area contributed by atoms with E-state index in [1.165, 1.54) is 11.1 Å². The highest BCUT2D eigenvalue weighted by molar-refractivity contribution is 5.66. The largest absolute Gasteiger partial charge is 0.491 e. The number of ether oxygens (including phenoxy) is 1. The van der Waals surface area contributed by atoms with Crippen LogP contribution in [0.15, 0.2) is 36.4 Å². The van der Waals surface area contributed by atoms with E-state index in [4.69, 9.17) is 9.84 Å². The van der Waals surface area contributed by atoms with Gasteiger partial charge < -0.3 is 20.1 Å². The van der Waals surface area contributed by atoms with Gasteiger partial charge in [-0.05, 0) is 93.2 Å². The molecule has 1 aliphatic carbocycles. The van der Waals surface area contributed by atoms with E-state index in [2.05, 4.69) is 62.9 Å². The summed E-state index contributed by atoms with van der Waals surface area (Å²) in [4.78, 5) is 10.7. The SMILES string of the molecule is CCC(CC)(c1ccc(C#CC2(O)CCCC2)c(C)c1)c1ccc(OC[C@H](O)CCC(=O)O)c(C)c1. The molecule has 0 bridgehead atoms. The van der Waals surface area contributed by atoms with Crippen LogP contribution in [0.4, 0.5) is 0 Å². The third kappa shape index (κ3) is 6.49. The molecular weight excluding hydrogens is 452 g/mol. The minimum Gasteiger partial charge on any atom is -0.491 e. The maximum atomic E-state index is 10.7. The molecule has 3 rings (SSSR count). The smallest absolute Gasteiger partial charge is 0.303 e. The number of hydrogen-bond donors (Lipinski definition) is 3. The summed E-state index contributed by atoms with van der Waals surface area (Å²) in [5.41, 5.74) is 4.50. The molecule has 1 saturated carbocycles. The molecule has 0 spiro atoms. The van der Waals surface area contributed by atoms with E-state index < -0.39 is 17.7 Å². The molecule has 2 aromatic rings. The third-order valence-electron chi connectivity index (χ3n) is 7.70. The van der Waals surface area contributed by atoms with Gasteiger partial charge in [-0.25, -0.2) is 0 Å². The topological polar surface area (TPSA) is 87.0 Å². The molecule has 0 heterocycles. The lowest BCUT2D eigenvalue weighted by molar-refractivity contribution is -0.137. The van der Waals surface area contributed by atoms with Crippen molar-refractivity contribution in [3.8, 4) is 17.6 Å². The first-order valence-corrected chi connectivity index (χ1v) is 13.1. The zero-order valence-electron chi connectivity index (χ0n) is 22.1. The average Bonchev–Trinajstić information content (AvgIpc) is 3.29. The van der Waals surface area contributed by atoms with Crippen LogP contribution < -0.4 is 4.74 Å². The number of benzene rings is 2. The second-order valence-corrected chi connectivity index (χ2v) is 10.2. The Labute approximate surface area is 215 Å². The molecule has 5 heteroatoms. The number of hydrogen-bond acceptors (Lipinski definition) is 4. The van der Waals surface area contributed by atoms with Gasteiger partial charge in [0.25, 0.3) is 0 Å². The van der Waals surface area contributed by atoms with E-state index in [0.717, 1.165) is 55.2 Å². The zero-order chi connectivity index (χ0) is 26.3. The van der Waals surface area contributed by atoms with Crippen molar-refractivity contribution in [1.82, 2.24) is 0 Å². The van der Waals surface area contributed by atoms with Gasteiger partial charge in [-0.15, -0.1) is 0 Å². The molecule has 1 atom stereocenters. The fourth-order valence-corrected chi connectivity index (χ4v) is 5.27. The number of aliphatic carboxylic acids is 1. The van der Waals surface area contributed by atoms with Crippen LogP contribution in [0.3, 0.4) is 0 Å². The normalized spacial score (nSPS) is 15.7. The molecule has 194 valence electrons. The number of aryl methyl sites for hydroxylation is 2. The highest BCUT2D eigenvalue weighted by Gasteiger charge is 2.32. The molecule has 0 aliphatic heterocycles. The monoisotopic (exact) mass is 492 g/mol. The summed E-state index contributed by atoms with van der Waals surface area (Å²) in [5, 5.41) is 29.4. The van der Waals surface area contributed by atoms with Crippen molar-refractivity contribution in [2.75, 3.05) is 6.61 Å². The van der Waals surface area contributed by atoms with Gasteiger partial charge in [0.05, 0.1) is 6.10 Å². The lowest BCUT2D eigenvalue weighted by Gasteiger charge is -2.34. The first-order valence-electron chi connectivity index (χ1n) is 13.1. The number of carboxylic acids is 1.